The molecule has 2 aliphatic heterocycles. The number of nitrogens with zero attached hydrogens (tertiary/aromatic N) is 2. The van der Waals surface area contributed by atoms with Crippen molar-refractivity contribution in [2.24, 2.45) is 0 Å². The summed E-state index contributed by atoms with van der Waals surface area (Å²) in [6.45, 7) is 3.61. The van der Waals surface area contributed by atoms with Gasteiger partial charge in [0.2, 0.25) is 5.56 Å². The van der Waals surface area contributed by atoms with Crippen molar-refractivity contribution < 1.29 is 18.1 Å². The lowest BCUT2D eigenvalue weighted by Gasteiger charge is -2.39. The summed E-state index contributed by atoms with van der Waals surface area (Å²) in [6.07, 6.45) is 3.16. The Kier molecular flexibility index (Phi) is 4.56. The maximum absolute atomic E-state index is 13.8. The zero-order chi connectivity index (χ0) is 21.9. The number of carbonyl (C=O) groups is 1. The smallest absolute Gasteiger partial charge is 0.276 e. The molecule has 0 radical (unpaired) electrons. The van der Waals surface area contributed by atoms with Gasteiger partial charge in [0, 0.05) is 46.9 Å². The van der Waals surface area contributed by atoms with Gasteiger partial charge in [0.25, 0.3) is 5.91 Å². The normalized spacial score (nSPS) is 22.8. The van der Waals surface area contributed by atoms with Gasteiger partial charge in [-0.15, -0.1) is 0 Å². The molecular weight excluding hydrogens is 406 g/mol. The van der Waals surface area contributed by atoms with Gasteiger partial charge < -0.3 is 19.7 Å². The molecule has 7 nitrogen and oxygen atoms in total. The maximum atomic E-state index is 13.8. The molecule has 4 heterocycles. The van der Waals surface area contributed by atoms with Crippen LogP contribution in [0.5, 0.6) is 0 Å². The standard InChI is InChI=1S/C22H22F2N4O3/c1-10-11(2)31-27-21(10)22(30)28-13-3-4-14(28)6-12(5-13)25-19-9-20(29)26-18-8-17(24)16(23)7-15(18)19/h7-9,12-14H,3-6H2,1-2H3,(H2,25,26,29)/t12?,13-,14+. The fourth-order valence-electron chi connectivity index (χ4n) is 4.96. The Morgan fingerprint density at radius 3 is 2.48 bits per heavy atom. The number of benzene rings is 1. The van der Waals surface area contributed by atoms with E-state index in [1.165, 1.54) is 6.07 Å². The van der Waals surface area contributed by atoms with E-state index >= 15 is 0 Å². The second kappa shape index (κ2) is 7.18. The molecule has 0 aliphatic carbocycles. The molecule has 31 heavy (non-hydrogen) atoms. The number of nitrogens with one attached hydrogen (secondary N) is 2. The average molecular weight is 428 g/mol. The lowest BCUT2D eigenvalue weighted by atomic mass is 9.96. The van der Waals surface area contributed by atoms with Crippen molar-refractivity contribution in [1.82, 2.24) is 15.0 Å². The summed E-state index contributed by atoms with van der Waals surface area (Å²) >= 11 is 0. The van der Waals surface area contributed by atoms with Gasteiger partial charge >= 0.3 is 0 Å². The van der Waals surface area contributed by atoms with E-state index in [-0.39, 0.29) is 29.5 Å². The van der Waals surface area contributed by atoms with E-state index in [1.54, 1.807) is 6.92 Å². The van der Waals surface area contributed by atoms with Gasteiger partial charge in [-0.25, -0.2) is 8.78 Å². The summed E-state index contributed by atoms with van der Waals surface area (Å²) in [5.74, 6) is -1.46. The van der Waals surface area contributed by atoms with E-state index in [0.29, 0.717) is 35.4 Å². The summed E-state index contributed by atoms with van der Waals surface area (Å²) in [5.41, 5.74) is 1.42. The number of amides is 1. The molecule has 1 amide bonds. The summed E-state index contributed by atoms with van der Waals surface area (Å²) in [4.78, 5) is 29.6. The van der Waals surface area contributed by atoms with Crippen molar-refractivity contribution in [3.8, 4) is 0 Å². The number of carbonyl (C=O) groups excluding carboxylic acids is 1. The number of rotatable bonds is 3. The van der Waals surface area contributed by atoms with Gasteiger partial charge in [0.1, 0.15) is 5.76 Å². The number of aromatic amines is 1. The molecule has 1 aromatic carbocycles. The maximum Gasteiger partial charge on any atom is 0.276 e. The Bertz CT molecular complexity index is 1240. The number of aryl methyl sites for hydroxylation is 1. The molecule has 1 unspecified atom stereocenters. The molecule has 162 valence electrons. The van der Waals surface area contributed by atoms with Crippen LogP contribution >= 0.6 is 0 Å². The Labute approximate surface area is 176 Å². The van der Waals surface area contributed by atoms with Gasteiger partial charge in [-0.2, -0.15) is 0 Å². The number of aromatic nitrogens is 2. The van der Waals surface area contributed by atoms with Crippen LogP contribution in [0.2, 0.25) is 0 Å². The highest BCUT2D eigenvalue weighted by Gasteiger charge is 2.44. The first-order valence-electron chi connectivity index (χ1n) is 10.4. The van der Waals surface area contributed by atoms with Gasteiger partial charge in [-0.05, 0) is 45.6 Å². The third-order valence-corrected chi connectivity index (χ3v) is 6.57. The number of hydrogen-bond donors (Lipinski definition) is 2. The highest BCUT2D eigenvalue weighted by atomic mass is 19.2. The largest absolute Gasteiger partial charge is 0.381 e. The molecule has 9 heteroatoms. The fourth-order valence-corrected chi connectivity index (χ4v) is 4.96. The van der Waals surface area contributed by atoms with Crippen LogP contribution in [0.4, 0.5) is 14.5 Å². The summed E-state index contributed by atoms with van der Waals surface area (Å²) in [7, 11) is 0. The van der Waals surface area contributed by atoms with E-state index in [1.807, 2.05) is 11.8 Å². The van der Waals surface area contributed by atoms with E-state index < -0.39 is 17.2 Å². The van der Waals surface area contributed by atoms with Gasteiger partial charge in [-0.3, -0.25) is 9.59 Å². The van der Waals surface area contributed by atoms with Crippen molar-refractivity contribution in [2.75, 3.05) is 5.32 Å². The third-order valence-electron chi connectivity index (χ3n) is 6.57. The summed E-state index contributed by atoms with van der Waals surface area (Å²) in [6, 6.07) is 3.53. The zero-order valence-electron chi connectivity index (χ0n) is 17.2. The number of fused-ring (bicyclic) bond motifs is 3. The van der Waals surface area contributed by atoms with Crippen LogP contribution in [0.3, 0.4) is 0 Å². The molecular formula is C22H22F2N4O3. The molecule has 2 aromatic heterocycles. The molecule has 2 aliphatic rings. The predicted molar refractivity (Wildman–Crippen MR) is 110 cm³/mol. The highest BCUT2D eigenvalue weighted by Crippen LogP contribution is 2.38. The first-order valence-corrected chi connectivity index (χ1v) is 10.4. The average Bonchev–Trinajstić information content (AvgIpc) is 3.19. The van der Waals surface area contributed by atoms with E-state index in [4.69, 9.17) is 4.52 Å². The molecule has 2 saturated heterocycles. The Morgan fingerprint density at radius 2 is 1.84 bits per heavy atom. The third kappa shape index (κ3) is 3.28. The Balaban J connectivity index is 1.40. The molecule has 2 fully saturated rings. The van der Waals surface area contributed by atoms with Crippen molar-refractivity contribution in [3.05, 3.63) is 57.2 Å². The summed E-state index contributed by atoms with van der Waals surface area (Å²) < 4.78 is 32.6. The van der Waals surface area contributed by atoms with Crippen LogP contribution in [0, 0.1) is 25.5 Å². The predicted octanol–water partition coefficient (Wildman–Crippen LogP) is 3.66. The van der Waals surface area contributed by atoms with Crippen LogP contribution in [-0.4, -0.2) is 39.1 Å². The van der Waals surface area contributed by atoms with Crippen molar-refractivity contribution >= 4 is 22.5 Å². The van der Waals surface area contributed by atoms with E-state index in [9.17, 15) is 18.4 Å². The molecule has 5 rings (SSSR count). The van der Waals surface area contributed by atoms with Crippen LogP contribution in [0.25, 0.3) is 10.9 Å². The van der Waals surface area contributed by atoms with E-state index in [2.05, 4.69) is 15.5 Å². The number of piperidine rings is 1. The number of anilines is 1. The lowest BCUT2D eigenvalue weighted by molar-refractivity contribution is 0.0572. The first-order chi connectivity index (χ1) is 14.8. The van der Waals surface area contributed by atoms with Gasteiger partial charge in [-0.1, -0.05) is 5.16 Å². The number of halogens is 2. The van der Waals surface area contributed by atoms with Crippen LogP contribution in [0.15, 0.2) is 27.5 Å². The Hall–Kier alpha value is -3.23. The molecule has 3 atom stereocenters. The minimum atomic E-state index is -1.01. The molecule has 0 saturated carbocycles. The number of H-pyrrole nitrogens is 1. The van der Waals surface area contributed by atoms with Gasteiger partial charge in [0.15, 0.2) is 17.3 Å². The van der Waals surface area contributed by atoms with Crippen LogP contribution < -0.4 is 10.9 Å². The first kappa shape index (κ1) is 19.7. The number of hydrogen-bond acceptors (Lipinski definition) is 5. The van der Waals surface area contributed by atoms with Crippen LogP contribution in [0.1, 0.15) is 47.5 Å². The lowest BCUT2D eigenvalue weighted by Crippen LogP contribution is -2.50. The Morgan fingerprint density at radius 1 is 1.16 bits per heavy atom. The topological polar surface area (TPSA) is 91.2 Å². The van der Waals surface area contributed by atoms with Crippen LogP contribution in [-0.2, 0) is 0 Å². The molecule has 3 aromatic rings. The molecule has 0 spiro atoms. The van der Waals surface area contributed by atoms with E-state index in [0.717, 1.165) is 30.5 Å². The SMILES string of the molecule is Cc1onc(C(=O)N2[C@@H]3CC[C@H]2CC(Nc2cc(=O)[nH]c4cc(F)c(F)cc24)C3)c1C. The molecule has 2 bridgehead atoms. The number of pyridine rings is 1. The fraction of sp³-hybridized carbons (Fsp3) is 0.409. The second-order valence-electron chi connectivity index (χ2n) is 8.48. The highest BCUT2D eigenvalue weighted by molar-refractivity contribution is 5.94. The zero-order valence-corrected chi connectivity index (χ0v) is 17.2. The van der Waals surface area contributed by atoms with Crippen molar-refractivity contribution in [1.29, 1.82) is 0 Å². The second-order valence-corrected chi connectivity index (χ2v) is 8.48. The summed E-state index contributed by atoms with van der Waals surface area (Å²) in [5, 5.41) is 7.71. The van der Waals surface area contributed by atoms with Crippen molar-refractivity contribution in [2.45, 2.75) is 57.7 Å². The van der Waals surface area contributed by atoms with Crippen molar-refractivity contribution in [3.63, 3.8) is 0 Å². The molecule has 2 N–H and O–H groups in total. The quantitative estimate of drug-likeness (QED) is 0.664. The van der Waals surface area contributed by atoms with Gasteiger partial charge in [0.05, 0.1) is 5.52 Å². The minimum Gasteiger partial charge on any atom is -0.381 e. The monoisotopic (exact) mass is 428 g/mol. The minimum absolute atomic E-state index is 0.000179.